The molecule has 1 aromatic rings. The van der Waals surface area contributed by atoms with E-state index in [1.165, 1.54) is 6.20 Å². The quantitative estimate of drug-likeness (QED) is 0.752. The van der Waals surface area contributed by atoms with E-state index in [4.69, 9.17) is 9.84 Å². The van der Waals surface area contributed by atoms with Gasteiger partial charge in [0.25, 0.3) is 0 Å². The van der Waals surface area contributed by atoms with Crippen LogP contribution in [0.5, 0.6) is 0 Å². The number of rotatable bonds is 7. The first-order valence-corrected chi connectivity index (χ1v) is 6.39. The van der Waals surface area contributed by atoms with Crippen molar-refractivity contribution >= 4 is 17.9 Å². The van der Waals surface area contributed by atoms with Crippen molar-refractivity contribution in [2.75, 3.05) is 25.1 Å². The van der Waals surface area contributed by atoms with Crippen LogP contribution in [0.3, 0.4) is 0 Å². The third-order valence-corrected chi connectivity index (χ3v) is 2.69. The number of carbonyl (C=O) groups is 2. The Morgan fingerprint density at radius 2 is 2.15 bits per heavy atom. The van der Waals surface area contributed by atoms with Gasteiger partial charge < -0.3 is 14.7 Å². The van der Waals surface area contributed by atoms with Crippen LogP contribution in [0.1, 0.15) is 35.8 Å². The van der Waals surface area contributed by atoms with Crippen molar-refractivity contribution in [3.05, 3.63) is 17.5 Å². The molecule has 0 fully saturated rings. The monoisotopic (exact) mass is 281 g/mol. The van der Waals surface area contributed by atoms with Crippen LogP contribution in [0.2, 0.25) is 0 Å². The second-order valence-electron chi connectivity index (χ2n) is 4.31. The lowest BCUT2D eigenvalue weighted by molar-refractivity contribution is -0.137. The third kappa shape index (κ3) is 4.49. The maximum atomic E-state index is 11.6. The van der Waals surface area contributed by atoms with Gasteiger partial charge in [-0.25, -0.2) is 14.8 Å². The normalized spacial score (nSPS) is 10.2. The van der Waals surface area contributed by atoms with Gasteiger partial charge in [0.1, 0.15) is 0 Å². The van der Waals surface area contributed by atoms with Gasteiger partial charge in [0, 0.05) is 26.2 Å². The summed E-state index contributed by atoms with van der Waals surface area (Å²) in [7, 11) is 1.78. The molecule has 7 nitrogen and oxygen atoms in total. The molecule has 20 heavy (non-hydrogen) atoms. The van der Waals surface area contributed by atoms with Gasteiger partial charge in [-0.1, -0.05) is 0 Å². The van der Waals surface area contributed by atoms with Crippen molar-refractivity contribution in [1.29, 1.82) is 0 Å². The molecule has 110 valence electrons. The number of ether oxygens (including phenoxy) is 1. The number of carboxylic acid groups (broad SMARTS) is 1. The average Bonchev–Trinajstić information content (AvgIpc) is 2.38. The summed E-state index contributed by atoms with van der Waals surface area (Å²) in [4.78, 5) is 32.2. The Hall–Kier alpha value is -2.18. The standard InChI is InChI=1S/C13H19N3O4/c1-4-20-12(19)10-8-14-13(15-9(10)2)16(3)7-5-6-11(17)18/h8H,4-7H2,1-3H3,(H,17,18). The molecule has 0 aliphatic rings. The topological polar surface area (TPSA) is 92.6 Å². The number of esters is 1. The van der Waals surface area contributed by atoms with E-state index >= 15 is 0 Å². The lowest BCUT2D eigenvalue weighted by Gasteiger charge is -2.17. The van der Waals surface area contributed by atoms with Crippen molar-refractivity contribution in [3.63, 3.8) is 0 Å². The summed E-state index contributed by atoms with van der Waals surface area (Å²) in [6.45, 7) is 4.28. The lowest BCUT2D eigenvalue weighted by Crippen LogP contribution is -2.22. The average molecular weight is 281 g/mol. The fourth-order valence-electron chi connectivity index (χ4n) is 1.62. The van der Waals surface area contributed by atoms with Crippen molar-refractivity contribution in [2.45, 2.75) is 26.7 Å². The van der Waals surface area contributed by atoms with Gasteiger partial charge in [-0.15, -0.1) is 0 Å². The number of hydrogen-bond acceptors (Lipinski definition) is 6. The number of nitrogens with zero attached hydrogens (tertiary/aromatic N) is 3. The van der Waals surface area contributed by atoms with Crippen molar-refractivity contribution < 1.29 is 19.4 Å². The van der Waals surface area contributed by atoms with Crippen molar-refractivity contribution in [3.8, 4) is 0 Å². The van der Waals surface area contributed by atoms with E-state index in [2.05, 4.69) is 9.97 Å². The van der Waals surface area contributed by atoms with Crippen molar-refractivity contribution in [1.82, 2.24) is 9.97 Å². The summed E-state index contributed by atoms with van der Waals surface area (Å²) >= 11 is 0. The maximum Gasteiger partial charge on any atom is 0.341 e. The van der Waals surface area contributed by atoms with Crippen molar-refractivity contribution in [2.24, 2.45) is 0 Å². The van der Waals surface area contributed by atoms with Crippen LogP contribution < -0.4 is 4.90 Å². The van der Waals surface area contributed by atoms with Crippen LogP contribution in [0.4, 0.5) is 5.95 Å². The number of hydrogen-bond donors (Lipinski definition) is 1. The molecular weight excluding hydrogens is 262 g/mol. The highest BCUT2D eigenvalue weighted by molar-refractivity contribution is 5.90. The summed E-state index contributed by atoms with van der Waals surface area (Å²) < 4.78 is 4.90. The van der Waals surface area contributed by atoms with E-state index in [0.717, 1.165) is 0 Å². The Morgan fingerprint density at radius 3 is 2.70 bits per heavy atom. The summed E-state index contributed by atoms with van der Waals surface area (Å²) in [5.41, 5.74) is 0.882. The fraction of sp³-hybridized carbons (Fsp3) is 0.538. The summed E-state index contributed by atoms with van der Waals surface area (Å²) in [5.74, 6) is -0.806. The second-order valence-corrected chi connectivity index (χ2v) is 4.31. The molecule has 0 bridgehead atoms. The molecule has 1 N–H and O–H groups in total. The Bertz CT molecular complexity index is 491. The number of carboxylic acids is 1. The van der Waals surface area contributed by atoms with E-state index in [-0.39, 0.29) is 6.42 Å². The minimum atomic E-state index is -0.826. The third-order valence-electron chi connectivity index (χ3n) is 2.69. The molecule has 0 aliphatic heterocycles. The lowest BCUT2D eigenvalue weighted by atomic mass is 10.2. The minimum Gasteiger partial charge on any atom is -0.481 e. The smallest absolute Gasteiger partial charge is 0.341 e. The highest BCUT2D eigenvalue weighted by Gasteiger charge is 2.14. The first kappa shape index (κ1) is 15.9. The largest absolute Gasteiger partial charge is 0.481 e. The Balaban J connectivity index is 2.71. The zero-order chi connectivity index (χ0) is 15.1. The van der Waals surface area contributed by atoms with E-state index in [1.54, 1.807) is 25.8 Å². The molecule has 1 heterocycles. The number of aliphatic carboxylic acids is 1. The molecule has 1 rings (SSSR count). The van der Waals surface area contributed by atoms with E-state index in [9.17, 15) is 9.59 Å². The van der Waals surface area contributed by atoms with E-state index in [1.807, 2.05) is 0 Å². The van der Waals surface area contributed by atoms with Gasteiger partial charge in [0.2, 0.25) is 5.95 Å². The minimum absolute atomic E-state index is 0.101. The van der Waals surface area contributed by atoms with Gasteiger partial charge in [-0.3, -0.25) is 4.79 Å². The molecule has 0 aliphatic carbocycles. The first-order chi connectivity index (χ1) is 9.45. The summed E-state index contributed by atoms with van der Waals surface area (Å²) in [6.07, 6.45) is 2.04. The number of carbonyl (C=O) groups excluding carboxylic acids is 1. The highest BCUT2D eigenvalue weighted by atomic mass is 16.5. The number of aryl methyl sites for hydroxylation is 1. The molecule has 0 spiro atoms. The van der Waals surface area contributed by atoms with Crippen LogP contribution >= 0.6 is 0 Å². The summed E-state index contributed by atoms with van der Waals surface area (Å²) in [6, 6.07) is 0. The molecule has 0 saturated heterocycles. The summed E-state index contributed by atoms with van der Waals surface area (Å²) in [5, 5.41) is 8.59. The van der Waals surface area contributed by atoms with Crippen LogP contribution in [0.25, 0.3) is 0 Å². The number of anilines is 1. The van der Waals surface area contributed by atoms with Gasteiger partial charge in [0.15, 0.2) is 0 Å². The van der Waals surface area contributed by atoms with Crippen LogP contribution in [-0.4, -0.2) is 47.2 Å². The molecular formula is C13H19N3O4. The van der Waals surface area contributed by atoms with Gasteiger partial charge in [0.05, 0.1) is 17.9 Å². The predicted octanol–water partition coefficient (Wildman–Crippen LogP) is 1.26. The van der Waals surface area contributed by atoms with E-state index in [0.29, 0.717) is 36.8 Å². The van der Waals surface area contributed by atoms with Crippen LogP contribution in [-0.2, 0) is 9.53 Å². The van der Waals surface area contributed by atoms with Gasteiger partial charge in [-0.05, 0) is 20.3 Å². The molecule has 0 unspecified atom stereocenters. The molecule has 0 radical (unpaired) electrons. The Labute approximate surface area is 117 Å². The zero-order valence-corrected chi connectivity index (χ0v) is 11.9. The maximum absolute atomic E-state index is 11.6. The highest BCUT2D eigenvalue weighted by Crippen LogP contribution is 2.11. The molecule has 0 atom stereocenters. The molecule has 7 heteroatoms. The zero-order valence-electron chi connectivity index (χ0n) is 11.9. The fourth-order valence-corrected chi connectivity index (χ4v) is 1.62. The van der Waals surface area contributed by atoms with Gasteiger partial charge in [-0.2, -0.15) is 0 Å². The molecule has 0 amide bonds. The molecule has 0 saturated carbocycles. The Morgan fingerprint density at radius 1 is 1.45 bits per heavy atom. The van der Waals surface area contributed by atoms with Crippen LogP contribution in [0.15, 0.2) is 6.20 Å². The Kier molecular flexibility index (Phi) is 5.89. The molecule has 0 aromatic carbocycles. The van der Waals surface area contributed by atoms with Gasteiger partial charge >= 0.3 is 11.9 Å². The first-order valence-electron chi connectivity index (χ1n) is 6.39. The molecule has 1 aromatic heterocycles. The number of aromatic nitrogens is 2. The SMILES string of the molecule is CCOC(=O)c1cnc(N(C)CCCC(=O)O)nc1C. The second kappa shape index (κ2) is 7.42. The van der Waals surface area contributed by atoms with Crippen LogP contribution in [0, 0.1) is 6.92 Å². The predicted molar refractivity (Wildman–Crippen MR) is 72.9 cm³/mol. The van der Waals surface area contributed by atoms with E-state index < -0.39 is 11.9 Å².